The summed E-state index contributed by atoms with van der Waals surface area (Å²) in [6.45, 7) is 4.51. The van der Waals surface area contributed by atoms with Crippen LogP contribution in [-0.4, -0.2) is 61.7 Å². The van der Waals surface area contributed by atoms with Crippen molar-refractivity contribution in [3.8, 4) is 0 Å². The Hall–Kier alpha value is -2.57. The summed E-state index contributed by atoms with van der Waals surface area (Å²) in [4.78, 5) is 15.4. The van der Waals surface area contributed by atoms with Gasteiger partial charge in [0, 0.05) is 31.0 Å². The SMILES string of the molecule is O=C(O)O[C@@H]1CCCN(CCOCCN2c3ccccc3CCc3ccccc32)C1. The zero-order valence-electron chi connectivity index (χ0n) is 17.3. The molecule has 2 heterocycles. The van der Waals surface area contributed by atoms with Gasteiger partial charge in [-0.3, -0.25) is 4.90 Å². The average molecular weight is 411 g/mol. The Morgan fingerprint density at radius 2 is 1.60 bits per heavy atom. The number of carboxylic acid groups (broad SMARTS) is 1. The van der Waals surface area contributed by atoms with Gasteiger partial charge in [-0.15, -0.1) is 0 Å². The van der Waals surface area contributed by atoms with Crippen LogP contribution < -0.4 is 4.90 Å². The van der Waals surface area contributed by atoms with Crippen LogP contribution in [0.2, 0.25) is 0 Å². The standard InChI is InChI=1S/C24H30N2O4/c27-24(28)30-21-8-5-13-25(18-21)14-16-29-17-15-26-22-9-3-1-6-19(22)11-12-20-7-2-4-10-23(20)26/h1-4,6-7,9-10,21H,5,8,11-18H2,(H,27,28)/t21-/m1/s1. The maximum absolute atomic E-state index is 10.8. The molecule has 30 heavy (non-hydrogen) atoms. The van der Waals surface area contributed by atoms with Crippen LogP contribution in [0, 0.1) is 0 Å². The molecule has 2 aliphatic heterocycles. The number of hydrogen-bond donors (Lipinski definition) is 1. The van der Waals surface area contributed by atoms with Crippen molar-refractivity contribution >= 4 is 17.5 Å². The fraction of sp³-hybridized carbons (Fsp3) is 0.458. The summed E-state index contributed by atoms with van der Waals surface area (Å²) < 4.78 is 10.9. The second-order valence-electron chi connectivity index (χ2n) is 7.97. The lowest BCUT2D eigenvalue weighted by Gasteiger charge is -2.31. The van der Waals surface area contributed by atoms with Crippen LogP contribution in [0.5, 0.6) is 0 Å². The minimum absolute atomic E-state index is 0.221. The molecule has 2 aromatic rings. The zero-order valence-corrected chi connectivity index (χ0v) is 17.3. The molecule has 4 rings (SSSR count). The lowest BCUT2D eigenvalue weighted by molar-refractivity contribution is 0.00621. The van der Waals surface area contributed by atoms with Gasteiger partial charge >= 0.3 is 6.16 Å². The molecule has 0 aliphatic carbocycles. The molecule has 1 saturated heterocycles. The van der Waals surface area contributed by atoms with Crippen LogP contribution >= 0.6 is 0 Å². The molecule has 6 heteroatoms. The van der Waals surface area contributed by atoms with Crippen molar-refractivity contribution in [3.05, 3.63) is 59.7 Å². The second-order valence-corrected chi connectivity index (χ2v) is 7.97. The third-order valence-corrected chi connectivity index (χ3v) is 5.97. The summed E-state index contributed by atoms with van der Waals surface area (Å²) in [5, 5.41) is 8.81. The van der Waals surface area contributed by atoms with E-state index in [-0.39, 0.29) is 6.10 Å². The molecule has 0 spiro atoms. The van der Waals surface area contributed by atoms with Gasteiger partial charge in [0.1, 0.15) is 6.10 Å². The van der Waals surface area contributed by atoms with Gasteiger partial charge in [0.15, 0.2) is 0 Å². The van der Waals surface area contributed by atoms with Crippen molar-refractivity contribution in [1.29, 1.82) is 0 Å². The minimum atomic E-state index is -1.18. The first-order valence-corrected chi connectivity index (χ1v) is 10.8. The van der Waals surface area contributed by atoms with Gasteiger partial charge in [-0.05, 0) is 55.5 Å². The van der Waals surface area contributed by atoms with E-state index in [2.05, 4.69) is 58.3 Å². The van der Waals surface area contributed by atoms with Crippen molar-refractivity contribution in [1.82, 2.24) is 4.90 Å². The topological polar surface area (TPSA) is 62.2 Å². The molecule has 1 atom stereocenters. The van der Waals surface area contributed by atoms with E-state index in [0.717, 1.165) is 45.3 Å². The Labute approximate surface area is 178 Å². The quantitative estimate of drug-likeness (QED) is 0.548. The number of rotatable bonds is 7. The van der Waals surface area contributed by atoms with E-state index in [1.807, 2.05) is 0 Å². The van der Waals surface area contributed by atoms with Gasteiger partial charge in [0.05, 0.1) is 13.2 Å². The number of fused-ring (bicyclic) bond motifs is 2. The number of benzene rings is 2. The van der Waals surface area contributed by atoms with Gasteiger partial charge < -0.3 is 19.5 Å². The van der Waals surface area contributed by atoms with Crippen molar-refractivity contribution in [2.45, 2.75) is 31.8 Å². The molecule has 2 aliphatic rings. The minimum Gasteiger partial charge on any atom is -0.450 e. The molecule has 1 N–H and O–H groups in total. The molecular formula is C24H30N2O4. The molecule has 0 saturated carbocycles. The number of piperidine rings is 1. The van der Waals surface area contributed by atoms with E-state index in [0.29, 0.717) is 19.8 Å². The lowest BCUT2D eigenvalue weighted by Crippen LogP contribution is -2.42. The van der Waals surface area contributed by atoms with Crippen LogP contribution in [0.15, 0.2) is 48.5 Å². The number of carbonyl (C=O) groups is 1. The van der Waals surface area contributed by atoms with E-state index < -0.39 is 6.16 Å². The number of ether oxygens (including phenoxy) is 2. The molecule has 1 fully saturated rings. The zero-order chi connectivity index (χ0) is 20.8. The molecule has 0 radical (unpaired) electrons. The van der Waals surface area contributed by atoms with Crippen molar-refractivity contribution in [2.24, 2.45) is 0 Å². The van der Waals surface area contributed by atoms with Crippen LogP contribution in [-0.2, 0) is 22.3 Å². The summed E-state index contributed by atoms with van der Waals surface area (Å²) in [6, 6.07) is 17.3. The van der Waals surface area contributed by atoms with Gasteiger partial charge in [0.25, 0.3) is 0 Å². The molecule has 0 aromatic heterocycles. The first-order chi connectivity index (χ1) is 14.7. The van der Waals surface area contributed by atoms with E-state index in [9.17, 15) is 4.79 Å². The van der Waals surface area contributed by atoms with Crippen molar-refractivity contribution in [3.63, 3.8) is 0 Å². The molecule has 0 unspecified atom stereocenters. The van der Waals surface area contributed by atoms with Gasteiger partial charge in [0.2, 0.25) is 0 Å². The smallest absolute Gasteiger partial charge is 0.450 e. The molecule has 2 aromatic carbocycles. The monoisotopic (exact) mass is 410 g/mol. The second kappa shape index (κ2) is 9.96. The first-order valence-electron chi connectivity index (χ1n) is 10.8. The molecule has 0 bridgehead atoms. The highest BCUT2D eigenvalue weighted by atomic mass is 16.7. The van der Waals surface area contributed by atoms with Gasteiger partial charge in [-0.25, -0.2) is 4.79 Å². The fourth-order valence-electron chi connectivity index (χ4n) is 4.52. The third-order valence-electron chi connectivity index (χ3n) is 5.97. The van der Waals surface area contributed by atoms with Gasteiger partial charge in [-0.2, -0.15) is 0 Å². The van der Waals surface area contributed by atoms with Crippen molar-refractivity contribution < 1.29 is 19.4 Å². The number of nitrogens with zero attached hydrogens (tertiary/aromatic N) is 2. The predicted octanol–water partition coefficient (Wildman–Crippen LogP) is 4.10. The Bertz CT molecular complexity index is 809. The van der Waals surface area contributed by atoms with E-state index in [1.54, 1.807) is 0 Å². The maximum atomic E-state index is 10.8. The van der Waals surface area contributed by atoms with Crippen LogP contribution in [0.3, 0.4) is 0 Å². The first kappa shape index (κ1) is 20.7. The predicted molar refractivity (Wildman–Crippen MR) is 117 cm³/mol. The lowest BCUT2D eigenvalue weighted by atomic mass is 10.0. The van der Waals surface area contributed by atoms with Crippen LogP contribution in [0.4, 0.5) is 16.2 Å². The molecule has 0 amide bonds. The average Bonchev–Trinajstić information content (AvgIpc) is 2.91. The number of likely N-dealkylation sites (tertiary alicyclic amines) is 1. The maximum Gasteiger partial charge on any atom is 0.506 e. The highest BCUT2D eigenvalue weighted by Crippen LogP contribution is 2.35. The Kier molecular flexibility index (Phi) is 6.87. The van der Waals surface area contributed by atoms with Crippen LogP contribution in [0.25, 0.3) is 0 Å². The Morgan fingerprint density at radius 3 is 2.27 bits per heavy atom. The van der Waals surface area contributed by atoms with Crippen LogP contribution in [0.1, 0.15) is 24.0 Å². The van der Waals surface area contributed by atoms with E-state index in [4.69, 9.17) is 14.6 Å². The third kappa shape index (κ3) is 5.12. The number of aryl methyl sites for hydroxylation is 2. The Balaban J connectivity index is 1.30. The number of anilines is 2. The fourth-order valence-corrected chi connectivity index (χ4v) is 4.52. The van der Waals surface area contributed by atoms with E-state index in [1.165, 1.54) is 22.5 Å². The molecule has 160 valence electrons. The normalized spacial score (nSPS) is 18.9. The van der Waals surface area contributed by atoms with Gasteiger partial charge in [-0.1, -0.05) is 36.4 Å². The summed E-state index contributed by atoms with van der Waals surface area (Å²) in [5.74, 6) is 0. The number of hydrogen-bond acceptors (Lipinski definition) is 5. The Morgan fingerprint density at radius 1 is 0.967 bits per heavy atom. The number of para-hydroxylation sites is 2. The summed E-state index contributed by atoms with van der Waals surface area (Å²) in [5.41, 5.74) is 5.31. The largest absolute Gasteiger partial charge is 0.506 e. The highest BCUT2D eigenvalue weighted by molar-refractivity contribution is 5.71. The summed E-state index contributed by atoms with van der Waals surface area (Å²) >= 11 is 0. The highest BCUT2D eigenvalue weighted by Gasteiger charge is 2.23. The van der Waals surface area contributed by atoms with E-state index >= 15 is 0 Å². The summed E-state index contributed by atoms with van der Waals surface area (Å²) in [6.07, 6.45) is 2.46. The molecular weight excluding hydrogens is 380 g/mol. The molecule has 6 nitrogen and oxygen atoms in total. The summed E-state index contributed by atoms with van der Waals surface area (Å²) in [7, 11) is 0. The van der Waals surface area contributed by atoms with Crippen molar-refractivity contribution in [2.75, 3.05) is 44.3 Å².